The van der Waals surface area contributed by atoms with E-state index >= 15 is 0 Å². The number of carbonyl (C=O) groups excluding carboxylic acids is 1. The van der Waals surface area contributed by atoms with E-state index in [0.29, 0.717) is 38.0 Å². The zero-order chi connectivity index (χ0) is 19.5. The van der Waals surface area contributed by atoms with Crippen molar-refractivity contribution in [3.05, 3.63) is 75.7 Å². The molecule has 1 aliphatic heterocycles. The van der Waals surface area contributed by atoms with Gasteiger partial charge in [0.1, 0.15) is 11.4 Å². The van der Waals surface area contributed by atoms with Gasteiger partial charge in [-0.25, -0.2) is 4.98 Å². The van der Waals surface area contributed by atoms with Crippen LogP contribution in [0.2, 0.25) is 0 Å². The monoisotopic (exact) mass is 395 g/mol. The van der Waals surface area contributed by atoms with Gasteiger partial charge in [0.15, 0.2) is 0 Å². The van der Waals surface area contributed by atoms with Crippen LogP contribution in [0, 0.1) is 0 Å². The summed E-state index contributed by atoms with van der Waals surface area (Å²) in [4.78, 5) is 33.3. The number of allylic oxidation sites excluding steroid dienone is 1. The number of nitrogens with zero attached hydrogens (tertiary/aromatic N) is 3. The second kappa shape index (κ2) is 8.08. The number of rotatable bonds is 6. The number of hydrogen-bond donors (Lipinski definition) is 0. The SMILES string of the molecule is C=CCn1cnc2sc3c(c2c1=O)CCN(C(=O)COCc1ccccc1)C3. The summed E-state index contributed by atoms with van der Waals surface area (Å²) in [5.74, 6) is -0.0314. The van der Waals surface area contributed by atoms with Crippen molar-refractivity contribution in [2.24, 2.45) is 0 Å². The molecule has 0 saturated carbocycles. The molecule has 0 atom stereocenters. The third-order valence-electron chi connectivity index (χ3n) is 4.84. The molecule has 0 unspecified atom stereocenters. The Balaban J connectivity index is 1.45. The second-order valence-corrected chi connectivity index (χ2v) is 7.80. The molecule has 1 aromatic carbocycles. The first kappa shape index (κ1) is 18.6. The number of fused-ring (bicyclic) bond motifs is 3. The number of hydrogen-bond acceptors (Lipinski definition) is 5. The lowest BCUT2D eigenvalue weighted by Crippen LogP contribution is -2.37. The van der Waals surface area contributed by atoms with Gasteiger partial charge in [-0.05, 0) is 17.5 Å². The summed E-state index contributed by atoms with van der Waals surface area (Å²) < 4.78 is 7.15. The minimum Gasteiger partial charge on any atom is -0.367 e. The minimum absolute atomic E-state index is 0.0314. The highest BCUT2D eigenvalue weighted by molar-refractivity contribution is 7.18. The molecule has 28 heavy (non-hydrogen) atoms. The maximum absolute atomic E-state index is 12.7. The lowest BCUT2D eigenvalue weighted by molar-refractivity contribution is -0.137. The Morgan fingerprint density at radius 1 is 1.32 bits per heavy atom. The number of amides is 1. The molecule has 7 heteroatoms. The number of carbonyl (C=O) groups is 1. The zero-order valence-electron chi connectivity index (χ0n) is 15.5. The zero-order valence-corrected chi connectivity index (χ0v) is 16.3. The van der Waals surface area contributed by atoms with Crippen molar-refractivity contribution in [3.8, 4) is 0 Å². The first-order valence-corrected chi connectivity index (χ1v) is 9.99. The van der Waals surface area contributed by atoms with Gasteiger partial charge in [-0.2, -0.15) is 0 Å². The number of thiophene rings is 1. The van der Waals surface area contributed by atoms with Gasteiger partial charge in [0.25, 0.3) is 5.56 Å². The van der Waals surface area contributed by atoms with Crippen LogP contribution < -0.4 is 5.56 Å². The molecule has 0 saturated heterocycles. The van der Waals surface area contributed by atoms with E-state index in [9.17, 15) is 9.59 Å². The normalized spacial score (nSPS) is 13.5. The van der Waals surface area contributed by atoms with Crippen LogP contribution in [0.3, 0.4) is 0 Å². The van der Waals surface area contributed by atoms with Crippen molar-refractivity contribution in [2.75, 3.05) is 13.2 Å². The van der Waals surface area contributed by atoms with E-state index in [-0.39, 0.29) is 18.1 Å². The Labute approximate surface area is 166 Å². The maximum Gasteiger partial charge on any atom is 0.262 e. The highest BCUT2D eigenvalue weighted by Crippen LogP contribution is 2.32. The van der Waals surface area contributed by atoms with E-state index in [1.807, 2.05) is 30.3 Å². The lowest BCUT2D eigenvalue weighted by atomic mass is 10.1. The predicted molar refractivity (Wildman–Crippen MR) is 109 cm³/mol. The quantitative estimate of drug-likeness (QED) is 0.602. The highest BCUT2D eigenvalue weighted by Gasteiger charge is 2.26. The Morgan fingerprint density at radius 3 is 2.93 bits per heavy atom. The second-order valence-electron chi connectivity index (χ2n) is 6.72. The molecule has 0 N–H and O–H groups in total. The minimum atomic E-state index is -0.0339. The van der Waals surface area contributed by atoms with Gasteiger partial charge in [-0.3, -0.25) is 14.2 Å². The smallest absolute Gasteiger partial charge is 0.262 e. The van der Waals surface area contributed by atoms with Crippen molar-refractivity contribution in [2.45, 2.75) is 26.1 Å². The van der Waals surface area contributed by atoms with Crippen molar-refractivity contribution >= 4 is 27.5 Å². The van der Waals surface area contributed by atoms with Crippen LogP contribution in [0.4, 0.5) is 0 Å². The van der Waals surface area contributed by atoms with Crippen LogP contribution in [0.25, 0.3) is 10.2 Å². The number of aromatic nitrogens is 2. The Kier molecular flexibility index (Phi) is 5.36. The lowest BCUT2D eigenvalue weighted by Gasteiger charge is -2.26. The van der Waals surface area contributed by atoms with E-state index < -0.39 is 0 Å². The Morgan fingerprint density at radius 2 is 2.14 bits per heavy atom. The summed E-state index contributed by atoms with van der Waals surface area (Å²) in [7, 11) is 0. The summed E-state index contributed by atoms with van der Waals surface area (Å²) >= 11 is 1.50. The van der Waals surface area contributed by atoms with E-state index in [4.69, 9.17) is 4.74 Å². The van der Waals surface area contributed by atoms with E-state index in [1.165, 1.54) is 11.3 Å². The fourth-order valence-corrected chi connectivity index (χ4v) is 4.62. The maximum atomic E-state index is 12.7. The fraction of sp³-hybridized carbons (Fsp3) is 0.286. The molecule has 6 nitrogen and oxygen atoms in total. The molecule has 0 aliphatic carbocycles. The topological polar surface area (TPSA) is 64.4 Å². The molecular formula is C21H21N3O3S. The summed E-state index contributed by atoms with van der Waals surface area (Å²) in [5.41, 5.74) is 2.04. The van der Waals surface area contributed by atoms with Crippen molar-refractivity contribution < 1.29 is 9.53 Å². The summed E-state index contributed by atoms with van der Waals surface area (Å²) in [6.07, 6.45) is 3.91. The van der Waals surface area contributed by atoms with Crippen LogP contribution in [0.15, 0.2) is 54.1 Å². The van der Waals surface area contributed by atoms with Gasteiger partial charge in [-0.1, -0.05) is 36.4 Å². The van der Waals surface area contributed by atoms with Gasteiger partial charge in [-0.15, -0.1) is 17.9 Å². The average molecular weight is 395 g/mol. The number of ether oxygens (including phenoxy) is 1. The fourth-order valence-electron chi connectivity index (χ4n) is 3.42. The summed E-state index contributed by atoms with van der Waals surface area (Å²) in [5, 5.41) is 0.691. The largest absolute Gasteiger partial charge is 0.367 e. The molecule has 144 valence electrons. The molecule has 2 aromatic heterocycles. The van der Waals surface area contributed by atoms with Crippen molar-refractivity contribution in [1.29, 1.82) is 0 Å². The van der Waals surface area contributed by atoms with Crippen molar-refractivity contribution in [3.63, 3.8) is 0 Å². The van der Waals surface area contributed by atoms with Gasteiger partial charge < -0.3 is 9.64 Å². The summed E-state index contributed by atoms with van der Waals surface area (Å²) in [6.45, 7) is 5.69. The van der Waals surface area contributed by atoms with Crippen LogP contribution >= 0.6 is 11.3 Å². The predicted octanol–water partition coefficient (Wildman–Crippen LogP) is 2.75. The van der Waals surface area contributed by atoms with Crippen LogP contribution in [-0.4, -0.2) is 33.5 Å². The molecule has 3 aromatic rings. The standard InChI is InChI=1S/C21H21N3O3S/c1-2-9-24-14-22-20-19(21(24)26)16-8-10-23(11-17(16)28-20)18(25)13-27-12-15-6-4-3-5-7-15/h2-7,14H,1,8-13H2. The molecule has 4 rings (SSSR count). The third-order valence-corrected chi connectivity index (χ3v) is 5.97. The van der Waals surface area contributed by atoms with Crippen LogP contribution in [0.5, 0.6) is 0 Å². The molecular weight excluding hydrogens is 374 g/mol. The van der Waals surface area contributed by atoms with Gasteiger partial charge in [0.2, 0.25) is 5.91 Å². The van der Waals surface area contributed by atoms with E-state index in [1.54, 1.807) is 21.9 Å². The van der Waals surface area contributed by atoms with Crippen LogP contribution in [0.1, 0.15) is 16.0 Å². The Hall–Kier alpha value is -2.77. The first-order chi connectivity index (χ1) is 13.7. The van der Waals surface area contributed by atoms with Crippen molar-refractivity contribution in [1.82, 2.24) is 14.5 Å². The van der Waals surface area contributed by atoms with Gasteiger partial charge in [0.05, 0.1) is 24.9 Å². The van der Waals surface area contributed by atoms with Crippen LogP contribution in [-0.2, 0) is 35.6 Å². The number of benzene rings is 1. The first-order valence-electron chi connectivity index (χ1n) is 9.17. The summed E-state index contributed by atoms with van der Waals surface area (Å²) in [6, 6.07) is 9.80. The average Bonchev–Trinajstić information content (AvgIpc) is 3.09. The highest BCUT2D eigenvalue weighted by atomic mass is 32.1. The molecule has 1 aliphatic rings. The molecule has 0 fully saturated rings. The van der Waals surface area contributed by atoms with E-state index in [2.05, 4.69) is 11.6 Å². The molecule has 0 radical (unpaired) electrons. The Bertz CT molecular complexity index is 1070. The van der Waals surface area contributed by atoms with Gasteiger partial charge in [0, 0.05) is 18.0 Å². The van der Waals surface area contributed by atoms with Gasteiger partial charge >= 0.3 is 0 Å². The molecule has 1 amide bonds. The molecule has 0 bridgehead atoms. The third kappa shape index (κ3) is 3.63. The van der Waals surface area contributed by atoms with E-state index in [0.717, 1.165) is 20.8 Å². The molecule has 0 spiro atoms. The molecule has 3 heterocycles.